The van der Waals surface area contributed by atoms with Crippen molar-refractivity contribution in [1.82, 2.24) is 10.5 Å². The molecule has 1 heterocycles. The fourth-order valence-corrected chi connectivity index (χ4v) is 3.54. The molecule has 1 aromatic carbocycles. The van der Waals surface area contributed by atoms with Crippen LogP contribution in [0.2, 0.25) is 0 Å². The number of ether oxygens (including phenoxy) is 1. The minimum absolute atomic E-state index is 0.175. The number of benzene rings is 1. The van der Waals surface area contributed by atoms with Crippen LogP contribution in [-0.2, 0) is 24.7 Å². The summed E-state index contributed by atoms with van der Waals surface area (Å²) in [4.78, 5) is 11.0. The summed E-state index contributed by atoms with van der Waals surface area (Å²) in [5, 5.41) is 16.2. The van der Waals surface area contributed by atoms with E-state index in [1.165, 1.54) is 24.3 Å². The lowest BCUT2D eigenvalue weighted by Gasteiger charge is -2.04. The second-order valence-corrected chi connectivity index (χ2v) is 8.53. The van der Waals surface area contributed by atoms with Crippen LogP contribution in [0.3, 0.4) is 0 Å². The standard InChI is InChI=1S/C13H15N3O9S2/c17-11(14-7-9-26(19,20)21)6-8-24-12-13(16(18)25-15-12)27(22,23)10-4-2-1-3-5-10/h1-5H,6-9H2,(H,14,17)(H,19,20,21). The number of hydrogen-bond acceptors (Lipinski definition) is 9. The number of nitrogens with zero attached hydrogens (tertiary/aromatic N) is 2. The predicted octanol–water partition coefficient (Wildman–Crippen LogP) is -1.09. The molecule has 0 radical (unpaired) electrons. The summed E-state index contributed by atoms with van der Waals surface area (Å²) in [7, 11) is -8.47. The monoisotopic (exact) mass is 421 g/mol. The third-order valence-corrected chi connectivity index (χ3v) is 5.55. The molecular formula is C13H15N3O9S2. The summed E-state index contributed by atoms with van der Waals surface area (Å²) >= 11 is 0. The number of hydrogen-bond donors (Lipinski definition) is 2. The number of carbonyl (C=O) groups excluding carboxylic acids is 1. The van der Waals surface area contributed by atoms with Crippen LogP contribution < -0.4 is 15.0 Å². The van der Waals surface area contributed by atoms with Gasteiger partial charge in [0, 0.05) is 6.54 Å². The second kappa shape index (κ2) is 8.32. The van der Waals surface area contributed by atoms with Crippen molar-refractivity contribution in [3.05, 3.63) is 35.5 Å². The van der Waals surface area contributed by atoms with Crippen LogP contribution in [0.5, 0.6) is 5.88 Å². The summed E-state index contributed by atoms with van der Waals surface area (Å²) < 4.78 is 64.0. The summed E-state index contributed by atoms with van der Waals surface area (Å²) in [6.07, 6.45) is -0.290. The molecular weight excluding hydrogens is 406 g/mol. The number of amides is 1. The molecule has 0 fully saturated rings. The summed E-state index contributed by atoms with van der Waals surface area (Å²) in [5.41, 5.74) is 0. The Bertz CT molecular complexity index is 1000. The van der Waals surface area contributed by atoms with E-state index >= 15 is 0 Å². The van der Waals surface area contributed by atoms with Crippen molar-refractivity contribution >= 4 is 25.9 Å². The minimum atomic E-state index is -4.26. The Labute approximate surface area is 153 Å². The molecule has 14 heteroatoms. The van der Waals surface area contributed by atoms with Gasteiger partial charge in [0.1, 0.15) is 6.61 Å². The maximum Gasteiger partial charge on any atom is 0.414 e. The number of sulfone groups is 1. The molecule has 27 heavy (non-hydrogen) atoms. The van der Waals surface area contributed by atoms with Crippen LogP contribution in [0.15, 0.2) is 44.9 Å². The van der Waals surface area contributed by atoms with Crippen molar-refractivity contribution in [2.45, 2.75) is 16.3 Å². The molecule has 0 aliphatic rings. The molecule has 1 amide bonds. The largest absolute Gasteiger partial charge is 0.454 e. The zero-order chi connectivity index (χ0) is 20.1. The molecule has 2 N–H and O–H groups in total. The summed E-state index contributed by atoms with van der Waals surface area (Å²) in [6.45, 7) is -0.669. The van der Waals surface area contributed by atoms with Crippen molar-refractivity contribution in [1.29, 1.82) is 0 Å². The third-order valence-electron chi connectivity index (χ3n) is 3.10. The normalized spacial score (nSPS) is 11.9. The van der Waals surface area contributed by atoms with Crippen molar-refractivity contribution in [3.8, 4) is 5.88 Å². The van der Waals surface area contributed by atoms with Crippen LogP contribution in [0.4, 0.5) is 0 Å². The topological polar surface area (TPSA) is 180 Å². The number of carbonyl (C=O) groups is 1. The minimum Gasteiger partial charge on any atom is -0.454 e. The first-order valence-corrected chi connectivity index (χ1v) is 10.4. The predicted molar refractivity (Wildman–Crippen MR) is 86.9 cm³/mol. The molecule has 0 aliphatic carbocycles. The quantitative estimate of drug-likeness (QED) is 0.373. The number of rotatable bonds is 9. The number of nitrogens with one attached hydrogen (secondary N) is 1. The Morgan fingerprint density at radius 2 is 1.93 bits per heavy atom. The highest BCUT2D eigenvalue weighted by Crippen LogP contribution is 2.24. The molecule has 0 aliphatic heterocycles. The molecule has 0 bridgehead atoms. The highest BCUT2D eigenvalue weighted by atomic mass is 32.2. The molecule has 148 valence electrons. The highest BCUT2D eigenvalue weighted by molar-refractivity contribution is 7.91. The fraction of sp³-hybridized carbons (Fsp3) is 0.308. The van der Waals surface area contributed by atoms with Crippen LogP contribution in [0.1, 0.15) is 6.42 Å². The van der Waals surface area contributed by atoms with E-state index < -0.39 is 42.5 Å². The van der Waals surface area contributed by atoms with Gasteiger partial charge in [0.15, 0.2) is 0 Å². The van der Waals surface area contributed by atoms with Crippen molar-refractivity contribution < 1.29 is 40.5 Å². The molecule has 1 aromatic heterocycles. The third kappa shape index (κ3) is 5.63. The first-order chi connectivity index (χ1) is 12.6. The Kier molecular flexibility index (Phi) is 6.35. The van der Waals surface area contributed by atoms with Gasteiger partial charge >= 0.3 is 10.9 Å². The van der Waals surface area contributed by atoms with Crippen LogP contribution in [0.25, 0.3) is 0 Å². The lowest BCUT2D eigenvalue weighted by Crippen LogP contribution is -2.31. The van der Waals surface area contributed by atoms with E-state index in [0.29, 0.717) is 0 Å². The second-order valence-electron chi connectivity index (χ2n) is 5.09. The molecule has 0 saturated carbocycles. The van der Waals surface area contributed by atoms with Gasteiger partial charge in [0.25, 0.3) is 20.0 Å². The van der Waals surface area contributed by atoms with Gasteiger partial charge in [0.2, 0.25) is 5.91 Å². The van der Waals surface area contributed by atoms with Gasteiger partial charge in [-0.1, -0.05) is 18.2 Å². The van der Waals surface area contributed by atoms with Gasteiger partial charge in [-0.2, -0.15) is 8.42 Å². The van der Waals surface area contributed by atoms with E-state index in [9.17, 15) is 26.8 Å². The first-order valence-electron chi connectivity index (χ1n) is 7.36. The summed E-state index contributed by atoms with van der Waals surface area (Å²) in [5.74, 6) is -1.89. The smallest absolute Gasteiger partial charge is 0.414 e. The van der Waals surface area contributed by atoms with Crippen molar-refractivity contribution in [2.75, 3.05) is 18.9 Å². The van der Waals surface area contributed by atoms with Gasteiger partial charge in [-0.3, -0.25) is 14.0 Å². The first kappa shape index (κ1) is 20.6. The van der Waals surface area contributed by atoms with Crippen molar-refractivity contribution in [2.24, 2.45) is 0 Å². The van der Waals surface area contributed by atoms with E-state index in [2.05, 4.69) is 15.1 Å². The fourth-order valence-electron chi connectivity index (χ4n) is 1.89. The average molecular weight is 421 g/mol. The molecule has 0 atom stereocenters. The number of aromatic nitrogens is 2. The lowest BCUT2D eigenvalue weighted by atomic mass is 10.4. The molecule has 12 nitrogen and oxygen atoms in total. The molecule has 2 aromatic rings. The Morgan fingerprint density at radius 1 is 1.26 bits per heavy atom. The molecule has 0 unspecified atom stereocenters. The Morgan fingerprint density at radius 3 is 2.56 bits per heavy atom. The van der Waals surface area contributed by atoms with Gasteiger partial charge in [0.05, 0.1) is 22.2 Å². The van der Waals surface area contributed by atoms with Crippen LogP contribution in [-0.4, -0.2) is 51.4 Å². The lowest BCUT2D eigenvalue weighted by molar-refractivity contribution is -0.832. The van der Waals surface area contributed by atoms with Crippen molar-refractivity contribution in [3.63, 3.8) is 0 Å². The SMILES string of the molecule is O=C(CCOc1no[n+]([O-])c1S(=O)(=O)c1ccccc1)NCCS(=O)(=O)O. The van der Waals surface area contributed by atoms with Gasteiger partial charge in [-0.25, -0.2) is 8.42 Å². The maximum atomic E-state index is 12.5. The Balaban J connectivity index is 2.00. The van der Waals surface area contributed by atoms with E-state index in [4.69, 9.17) is 9.29 Å². The van der Waals surface area contributed by atoms with Crippen LogP contribution >= 0.6 is 0 Å². The van der Waals surface area contributed by atoms with E-state index in [0.717, 1.165) is 0 Å². The molecule has 0 saturated heterocycles. The average Bonchev–Trinajstić information content (AvgIpc) is 2.96. The van der Waals surface area contributed by atoms with Gasteiger partial charge in [-0.05, 0) is 17.0 Å². The molecule has 2 rings (SSSR count). The van der Waals surface area contributed by atoms with Crippen LogP contribution in [0, 0.1) is 5.21 Å². The van der Waals surface area contributed by atoms with Gasteiger partial charge < -0.3 is 15.3 Å². The molecule has 0 spiro atoms. The van der Waals surface area contributed by atoms with E-state index in [-0.39, 0.29) is 29.4 Å². The Hall–Kier alpha value is -2.71. The van der Waals surface area contributed by atoms with E-state index in [1.54, 1.807) is 6.07 Å². The summed E-state index contributed by atoms with van der Waals surface area (Å²) in [6, 6.07) is 7.07. The zero-order valence-electron chi connectivity index (χ0n) is 13.6. The zero-order valence-corrected chi connectivity index (χ0v) is 15.3. The van der Waals surface area contributed by atoms with E-state index in [1.807, 2.05) is 0 Å². The van der Waals surface area contributed by atoms with Gasteiger partial charge in [-0.15, -0.1) is 0 Å². The maximum absolute atomic E-state index is 12.5. The highest BCUT2D eigenvalue weighted by Gasteiger charge is 2.35.